The maximum atomic E-state index is 13.8. The largest absolute Gasteiger partial charge is 0.497 e. The van der Waals surface area contributed by atoms with Crippen molar-refractivity contribution in [1.29, 1.82) is 0 Å². The number of hydrogen-bond donors (Lipinski definition) is 1. The fraction of sp³-hybridized carbons (Fsp3) is 0.259. The summed E-state index contributed by atoms with van der Waals surface area (Å²) in [5.41, 5.74) is 1.09. The molecule has 0 aliphatic carbocycles. The third-order valence-electron chi connectivity index (χ3n) is 5.74. The number of methoxy groups -OCH3 is 1. The van der Waals surface area contributed by atoms with E-state index in [1.807, 2.05) is 0 Å². The van der Waals surface area contributed by atoms with Crippen molar-refractivity contribution < 1.29 is 22.7 Å². The molecule has 0 fully saturated rings. The molecule has 0 aromatic heterocycles. The van der Waals surface area contributed by atoms with Gasteiger partial charge in [0.25, 0.3) is 10.0 Å². The molecule has 3 aromatic rings. The molecule has 0 aliphatic heterocycles. The van der Waals surface area contributed by atoms with Crippen molar-refractivity contribution in [3.05, 3.63) is 88.9 Å². The molecule has 3 aromatic carbocycles. The van der Waals surface area contributed by atoms with E-state index in [0.717, 1.165) is 9.87 Å². The Morgan fingerprint density at radius 2 is 1.68 bits per heavy atom. The number of rotatable bonds is 11. The molecule has 0 saturated heterocycles. The van der Waals surface area contributed by atoms with Crippen LogP contribution in [0, 0.1) is 0 Å². The Bertz CT molecular complexity index is 1320. The second-order valence-electron chi connectivity index (χ2n) is 8.24. The number of halogens is 1. The fourth-order valence-electron chi connectivity index (χ4n) is 3.71. The zero-order valence-electron chi connectivity index (χ0n) is 20.9. The summed E-state index contributed by atoms with van der Waals surface area (Å²) in [5, 5.41) is 2.74. The number of benzene rings is 3. The molecular formula is C27H30BrN3O5S. The summed E-state index contributed by atoms with van der Waals surface area (Å²) in [5.74, 6) is -0.188. The number of amides is 2. The SMILES string of the molecule is CCNC(=O)[C@@H](C)N(Cc1ccc(OC)cc1)C(=O)CN(c1cccc(Br)c1)S(=O)(=O)c1ccccc1. The Kier molecular flexibility index (Phi) is 9.71. The highest BCUT2D eigenvalue weighted by atomic mass is 79.9. The molecule has 10 heteroatoms. The van der Waals surface area contributed by atoms with Crippen LogP contribution in [0.1, 0.15) is 19.4 Å². The molecule has 0 radical (unpaired) electrons. The maximum absolute atomic E-state index is 13.8. The van der Waals surface area contributed by atoms with Gasteiger partial charge in [0.2, 0.25) is 11.8 Å². The highest BCUT2D eigenvalue weighted by molar-refractivity contribution is 9.10. The number of sulfonamides is 1. The highest BCUT2D eigenvalue weighted by Crippen LogP contribution is 2.27. The number of hydrogen-bond acceptors (Lipinski definition) is 5. The van der Waals surface area contributed by atoms with E-state index in [2.05, 4.69) is 21.2 Å². The number of nitrogens with zero attached hydrogens (tertiary/aromatic N) is 2. The van der Waals surface area contributed by atoms with Gasteiger partial charge in [-0.05, 0) is 61.9 Å². The van der Waals surface area contributed by atoms with Crippen LogP contribution in [0.2, 0.25) is 0 Å². The van der Waals surface area contributed by atoms with E-state index in [9.17, 15) is 18.0 Å². The molecule has 8 nitrogen and oxygen atoms in total. The quantitative estimate of drug-likeness (QED) is 0.362. The topological polar surface area (TPSA) is 96.0 Å². The van der Waals surface area contributed by atoms with Crippen molar-refractivity contribution in [2.24, 2.45) is 0 Å². The van der Waals surface area contributed by atoms with Gasteiger partial charge in [0.1, 0.15) is 18.3 Å². The fourth-order valence-corrected chi connectivity index (χ4v) is 5.53. The lowest BCUT2D eigenvalue weighted by Crippen LogP contribution is -2.51. The van der Waals surface area contributed by atoms with Crippen molar-refractivity contribution in [3.63, 3.8) is 0 Å². The Balaban J connectivity index is 2.00. The first-order chi connectivity index (χ1) is 17.7. The molecule has 37 heavy (non-hydrogen) atoms. The summed E-state index contributed by atoms with van der Waals surface area (Å²) < 4.78 is 34.3. The Morgan fingerprint density at radius 3 is 2.27 bits per heavy atom. The van der Waals surface area contributed by atoms with Gasteiger partial charge in [-0.1, -0.05) is 52.3 Å². The molecule has 2 amide bonds. The molecule has 196 valence electrons. The predicted molar refractivity (Wildman–Crippen MR) is 147 cm³/mol. The predicted octanol–water partition coefficient (Wildman–Crippen LogP) is 4.21. The summed E-state index contributed by atoms with van der Waals surface area (Å²) in [6, 6.07) is 21.0. The molecule has 0 unspecified atom stereocenters. The van der Waals surface area contributed by atoms with Crippen LogP contribution in [0.4, 0.5) is 5.69 Å². The van der Waals surface area contributed by atoms with E-state index in [1.165, 1.54) is 17.0 Å². The first kappa shape index (κ1) is 28.2. The van der Waals surface area contributed by atoms with Gasteiger partial charge in [-0.2, -0.15) is 0 Å². The molecule has 3 rings (SSSR count). The lowest BCUT2D eigenvalue weighted by Gasteiger charge is -2.32. The number of ether oxygens (including phenoxy) is 1. The molecule has 0 heterocycles. The number of nitrogens with one attached hydrogen (secondary N) is 1. The van der Waals surface area contributed by atoms with Crippen LogP contribution >= 0.6 is 15.9 Å². The lowest BCUT2D eigenvalue weighted by molar-refractivity contribution is -0.139. The van der Waals surface area contributed by atoms with Crippen LogP contribution in [0.25, 0.3) is 0 Å². The number of carbonyl (C=O) groups excluding carboxylic acids is 2. The minimum atomic E-state index is -4.09. The molecular weight excluding hydrogens is 558 g/mol. The molecule has 1 N–H and O–H groups in total. The molecule has 0 bridgehead atoms. The third-order valence-corrected chi connectivity index (χ3v) is 8.02. The van der Waals surface area contributed by atoms with E-state index in [-0.39, 0.29) is 17.3 Å². The van der Waals surface area contributed by atoms with Gasteiger partial charge < -0.3 is 15.0 Å². The second kappa shape index (κ2) is 12.7. The molecule has 0 aliphatic rings. The summed E-state index contributed by atoms with van der Waals surface area (Å²) in [7, 11) is -2.53. The van der Waals surface area contributed by atoms with Crippen LogP contribution < -0.4 is 14.4 Å². The first-order valence-electron chi connectivity index (χ1n) is 11.7. The normalized spacial score (nSPS) is 11.9. The number of carbonyl (C=O) groups is 2. The van der Waals surface area contributed by atoms with Crippen LogP contribution in [-0.2, 0) is 26.2 Å². The molecule has 1 atom stereocenters. The number of anilines is 1. The van der Waals surface area contributed by atoms with Gasteiger partial charge in [0.05, 0.1) is 17.7 Å². The van der Waals surface area contributed by atoms with Crippen molar-refractivity contribution in [3.8, 4) is 5.75 Å². The summed E-state index contributed by atoms with van der Waals surface area (Å²) in [4.78, 5) is 28.0. The average Bonchev–Trinajstić information content (AvgIpc) is 2.90. The van der Waals surface area contributed by atoms with Crippen molar-refractivity contribution in [1.82, 2.24) is 10.2 Å². The van der Waals surface area contributed by atoms with Gasteiger partial charge in [-0.25, -0.2) is 8.42 Å². The Labute approximate surface area is 226 Å². The third kappa shape index (κ3) is 7.11. The number of likely N-dealkylation sites (N-methyl/N-ethyl adjacent to an activating group) is 1. The van der Waals surface area contributed by atoms with Crippen LogP contribution in [-0.4, -0.2) is 51.4 Å². The van der Waals surface area contributed by atoms with Gasteiger partial charge in [-0.3, -0.25) is 13.9 Å². The van der Waals surface area contributed by atoms with Gasteiger partial charge in [0.15, 0.2) is 0 Å². The average molecular weight is 589 g/mol. The minimum absolute atomic E-state index is 0.0567. The highest BCUT2D eigenvalue weighted by Gasteiger charge is 2.32. The Morgan fingerprint density at radius 1 is 1.00 bits per heavy atom. The zero-order chi connectivity index (χ0) is 27.0. The van der Waals surface area contributed by atoms with Crippen molar-refractivity contribution >= 4 is 43.5 Å². The molecule has 0 spiro atoms. The van der Waals surface area contributed by atoms with Crippen LogP contribution in [0.15, 0.2) is 88.2 Å². The Hall–Kier alpha value is -3.37. The summed E-state index contributed by atoms with van der Waals surface area (Å²) >= 11 is 3.38. The summed E-state index contributed by atoms with van der Waals surface area (Å²) in [6.45, 7) is 3.44. The van der Waals surface area contributed by atoms with Crippen molar-refractivity contribution in [2.45, 2.75) is 31.3 Å². The monoisotopic (exact) mass is 587 g/mol. The van der Waals surface area contributed by atoms with E-state index in [0.29, 0.717) is 22.5 Å². The maximum Gasteiger partial charge on any atom is 0.264 e. The van der Waals surface area contributed by atoms with Gasteiger partial charge in [-0.15, -0.1) is 0 Å². The van der Waals surface area contributed by atoms with E-state index in [1.54, 1.807) is 87.7 Å². The van der Waals surface area contributed by atoms with Gasteiger partial charge >= 0.3 is 0 Å². The van der Waals surface area contributed by atoms with E-state index >= 15 is 0 Å². The van der Waals surface area contributed by atoms with Crippen LogP contribution in [0.5, 0.6) is 5.75 Å². The second-order valence-corrected chi connectivity index (χ2v) is 11.0. The zero-order valence-corrected chi connectivity index (χ0v) is 23.3. The van der Waals surface area contributed by atoms with E-state index in [4.69, 9.17) is 4.74 Å². The molecule has 0 saturated carbocycles. The summed E-state index contributed by atoms with van der Waals surface area (Å²) in [6.07, 6.45) is 0. The van der Waals surface area contributed by atoms with Crippen LogP contribution in [0.3, 0.4) is 0 Å². The minimum Gasteiger partial charge on any atom is -0.497 e. The lowest BCUT2D eigenvalue weighted by atomic mass is 10.1. The van der Waals surface area contributed by atoms with Crippen molar-refractivity contribution in [2.75, 3.05) is 24.5 Å². The first-order valence-corrected chi connectivity index (χ1v) is 13.9. The van der Waals surface area contributed by atoms with E-state index < -0.39 is 28.5 Å². The standard InChI is InChI=1S/C27H30BrN3O5S/c1-4-29-27(33)20(2)30(18-21-13-15-24(36-3)16-14-21)26(32)19-31(23-10-8-9-22(28)17-23)37(34,35)25-11-6-5-7-12-25/h5-17,20H,4,18-19H2,1-3H3,(H,29,33)/t20-/m1/s1. The van der Waals surface area contributed by atoms with Gasteiger partial charge in [0, 0.05) is 17.6 Å². The smallest absolute Gasteiger partial charge is 0.264 e.